The fourth-order valence-electron chi connectivity index (χ4n) is 3.62. The number of hydrogen-bond donors (Lipinski definition) is 2. The van der Waals surface area contributed by atoms with Crippen molar-refractivity contribution in [2.45, 2.75) is 12.8 Å². The molecule has 0 saturated heterocycles. The molecule has 0 spiro atoms. The Morgan fingerprint density at radius 2 is 1.00 bits per heavy atom. The molecular formula is C26H22N4. The van der Waals surface area contributed by atoms with Crippen molar-refractivity contribution >= 4 is 0 Å². The number of hydrogen-bond acceptors (Lipinski definition) is 2. The maximum Gasteiger partial charge on any atom is 0.137 e. The van der Waals surface area contributed by atoms with Gasteiger partial charge in [0.1, 0.15) is 11.6 Å². The molecule has 5 rings (SSSR count). The average molecular weight is 390 g/mol. The lowest BCUT2D eigenvalue weighted by molar-refractivity contribution is 1.11. The Bertz CT molecular complexity index is 1140. The van der Waals surface area contributed by atoms with Gasteiger partial charge in [-0.2, -0.15) is 0 Å². The SMILES string of the molecule is c1ccc(Cc2c[nH]c(-c3cccc(-c4nc(Cc5ccccc5)c[nH]4)c3)n2)cc1. The first-order valence-corrected chi connectivity index (χ1v) is 10.1. The van der Waals surface area contributed by atoms with Crippen LogP contribution < -0.4 is 0 Å². The monoisotopic (exact) mass is 390 g/mol. The van der Waals surface area contributed by atoms with Gasteiger partial charge in [-0.1, -0.05) is 78.9 Å². The number of nitrogens with zero attached hydrogens (tertiary/aromatic N) is 2. The molecule has 0 unspecified atom stereocenters. The lowest BCUT2D eigenvalue weighted by Crippen LogP contribution is -1.89. The summed E-state index contributed by atoms with van der Waals surface area (Å²) in [5.41, 5.74) is 6.67. The second kappa shape index (κ2) is 8.21. The topological polar surface area (TPSA) is 57.4 Å². The number of benzene rings is 3. The van der Waals surface area contributed by atoms with E-state index in [0.29, 0.717) is 0 Å². The standard InChI is InChI=1S/C26H22N4/c1-3-8-19(9-4-1)14-23-17-27-25(29-23)21-12-7-13-22(16-21)26-28-18-24(30-26)15-20-10-5-2-6-11-20/h1-13,16-18H,14-15H2,(H,27,29)(H,28,30). The third-order valence-electron chi connectivity index (χ3n) is 5.13. The number of aromatic amines is 2. The molecule has 30 heavy (non-hydrogen) atoms. The van der Waals surface area contributed by atoms with Gasteiger partial charge >= 0.3 is 0 Å². The number of aromatic nitrogens is 4. The minimum atomic E-state index is 0.818. The Hall–Kier alpha value is -3.92. The molecule has 0 amide bonds. The molecule has 0 aliphatic rings. The zero-order valence-corrected chi connectivity index (χ0v) is 16.5. The van der Waals surface area contributed by atoms with Gasteiger partial charge in [0.05, 0.1) is 11.4 Å². The van der Waals surface area contributed by atoms with E-state index >= 15 is 0 Å². The molecule has 3 aromatic carbocycles. The smallest absolute Gasteiger partial charge is 0.137 e. The van der Waals surface area contributed by atoms with Crippen molar-refractivity contribution in [2.24, 2.45) is 0 Å². The molecule has 0 radical (unpaired) electrons. The molecule has 4 heteroatoms. The molecule has 0 saturated carbocycles. The molecule has 0 aliphatic carbocycles. The maximum atomic E-state index is 4.79. The summed E-state index contributed by atoms with van der Waals surface area (Å²) in [5, 5.41) is 0. The second-order valence-electron chi connectivity index (χ2n) is 7.39. The molecule has 2 heterocycles. The molecule has 0 aliphatic heterocycles. The Morgan fingerprint density at radius 3 is 1.47 bits per heavy atom. The quantitative estimate of drug-likeness (QED) is 0.394. The Kier molecular flexibility index (Phi) is 4.96. The van der Waals surface area contributed by atoms with E-state index in [2.05, 4.69) is 76.7 Å². The summed E-state index contributed by atoms with van der Waals surface area (Å²) >= 11 is 0. The first kappa shape index (κ1) is 18.1. The average Bonchev–Trinajstić information content (AvgIpc) is 3.45. The second-order valence-corrected chi connectivity index (χ2v) is 7.39. The fraction of sp³-hybridized carbons (Fsp3) is 0.0769. The Labute approximate surface area is 175 Å². The van der Waals surface area contributed by atoms with Crippen LogP contribution in [0.3, 0.4) is 0 Å². The highest BCUT2D eigenvalue weighted by Gasteiger charge is 2.09. The van der Waals surface area contributed by atoms with Gasteiger partial charge < -0.3 is 9.97 Å². The summed E-state index contributed by atoms with van der Waals surface area (Å²) in [7, 11) is 0. The third-order valence-corrected chi connectivity index (χ3v) is 5.13. The van der Waals surface area contributed by atoms with Crippen LogP contribution in [0.2, 0.25) is 0 Å². The van der Waals surface area contributed by atoms with Crippen molar-refractivity contribution in [1.82, 2.24) is 19.9 Å². The normalized spacial score (nSPS) is 10.9. The van der Waals surface area contributed by atoms with Gasteiger partial charge in [0, 0.05) is 36.4 Å². The molecule has 2 N–H and O–H groups in total. The van der Waals surface area contributed by atoms with Gasteiger partial charge in [0.2, 0.25) is 0 Å². The van der Waals surface area contributed by atoms with Crippen LogP contribution in [0.4, 0.5) is 0 Å². The summed E-state index contributed by atoms with van der Waals surface area (Å²) in [6.07, 6.45) is 5.61. The zero-order chi connectivity index (χ0) is 20.2. The van der Waals surface area contributed by atoms with Crippen molar-refractivity contribution in [1.29, 1.82) is 0 Å². The van der Waals surface area contributed by atoms with E-state index in [9.17, 15) is 0 Å². The number of H-pyrrole nitrogens is 2. The van der Waals surface area contributed by atoms with E-state index in [1.165, 1.54) is 11.1 Å². The van der Waals surface area contributed by atoms with Crippen molar-refractivity contribution in [3.8, 4) is 22.8 Å². The lowest BCUT2D eigenvalue weighted by atomic mass is 10.1. The van der Waals surface area contributed by atoms with Crippen molar-refractivity contribution < 1.29 is 0 Å². The summed E-state index contributed by atoms with van der Waals surface area (Å²) in [6.45, 7) is 0. The van der Waals surface area contributed by atoms with E-state index in [1.54, 1.807) is 0 Å². The Balaban J connectivity index is 1.35. The number of rotatable bonds is 6. The molecule has 0 fully saturated rings. The minimum absolute atomic E-state index is 0.818. The van der Waals surface area contributed by atoms with E-state index in [-0.39, 0.29) is 0 Å². The number of nitrogens with one attached hydrogen (secondary N) is 2. The van der Waals surface area contributed by atoms with Crippen LogP contribution in [0.5, 0.6) is 0 Å². The first-order chi connectivity index (χ1) is 14.8. The van der Waals surface area contributed by atoms with Gasteiger partial charge in [-0.15, -0.1) is 0 Å². The predicted molar refractivity (Wildman–Crippen MR) is 120 cm³/mol. The highest BCUT2D eigenvalue weighted by molar-refractivity contribution is 5.66. The highest BCUT2D eigenvalue weighted by atomic mass is 14.9. The van der Waals surface area contributed by atoms with Crippen LogP contribution in [0, 0.1) is 0 Å². The molecule has 5 aromatic rings. The first-order valence-electron chi connectivity index (χ1n) is 10.1. The molecule has 0 atom stereocenters. The van der Waals surface area contributed by atoms with Crippen molar-refractivity contribution in [2.75, 3.05) is 0 Å². The largest absolute Gasteiger partial charge is 0.344 e. The van der Waals surface area contributed by atoms with Crippen LogP contribution in [-0.2, 0) is 12.8 Å². The molecular weight excluding hydrogens is 368 g/mol. The third kappa shape index (κ3) is 4.08. The number of imidazole rings is 2. The van der Waals surface area contributed by atoms with Gasteiger partial charge in [0.25, 0.3) is 0 Å². The zero-order valence-electron chi connectivity index (χ0n) is 16.5. The lowest BCUT2D eigenvalue weighted by Gasteiger charge is -2.01. The molecule has 2 aromatic heterocycles. The summed E-state index contributed by atoms with van der Waals surface area (Å²) in [6, 6.07) is 29.1. The van der Waals surface area contributed by atoms with Crippen LogP contribution in [0.1, 0.15) is 22.5 Å². The van der Waals surface area contributed by atoms with Crippen LogP contribution >= 0.6 is 0 Å². The summed E-state index contributed by atoms with van der Waals surface area (Å²) in [5.74, 6) is 1.75. The van der Waals surface area contributed by atoms with E-state index in [4.69, 9.17) is 9.97 Å². The minimum Gasteiger partial charge on any atom is -0.344 e. The fourth-order valence-corrected chi connectivity index (χ4v) is 3.62. The van der Waals surface area contributed by atoms with Crippen molar-refractivity contribution in [3.05, 3.63) is 120 Å². The van der Waals surface area contributed by atoms with Crippen LogP contribution in [0.25, 0.3) is 22.8 Å². The van der Waals surface area contributed by atoms with Gasteiger partial charge in [-0.3, -0.25) is 0 Å². The maximum absolute atomic E-state index is 4.79. The van der Waals surface area contributed by atoms with Crippen molar-refractivity contribution in [3.63, 3.8) is 0 Å². The van der Waals surface area contributed by atoms with Gasteiger partial charge in [-0.25, -0.2) is 9.97 Å². The van der Waals surface area contributed by atoms with E-state index in [0.717, 1.165) is 47.0 Å². The van der Waals surface area contributed by atoms with Gasteiger partial charge in [0.15, 0.2) is 0 Å². The molecule has 146 valence electrons. The van der Waals surface area contributed by atoms with E-state index in [1.807, 2.05) is 30.6 Å². The highest BCUT2D eigenvalue weighted by Crippen LogP contribution is 2.24. The van der Waals surface area contributed by atoms with Crippen LogP contribution in [-0.4, -0.2) is 19.9 Å². The Morgan fingerprint density at radius 1 is 0.533 bits per heavy atom. The van der Waals surface area contributed by atoms with Gasteiger partial charge in [-0.05, 0) is 17.2 Å². The van der Waals surface area contributed by atoms with Crippen LogP contribution in [0.15, 0.2) is 97.3 Å². The predicted octanol–water partition coefficient (Wildman–Crippen LogP) is 5.65. The summed E-state index contributed by atoms with van der Waals surface area (Å²) < 4.78 is 0. The summed E-state index contributed by atoms with van der Waals surface area (Å²) in [4.78, 5) is 16.2. The molecule has 0 bridgehead atoms. The molecule has 4 nitrogen and oxygen atoms in total. The van der Waals surface area contributed by atoms with E-state index < -0.39 is 0 Å².